The molecular weight excluding hydrogens is 176 g/mol. The van der Waals surface area contributed by atoms with E-state index in [1.54, 1.807) is 11.1 Å². The first-order valence-electron chi connectivity index (χ1n) is 5.03. The Kier molecular flexibility index (Phi) is 2.63. The average Bonchev–Trinajstić information content (AvgIpc) is 2.17. The van der Waals surface area contributed by atoms with Gasteiger partial charge in [0.2, 0.25) is 0 Å². The van der Waals surface area contributed by atoms with Gasteiger partial charge in [-0.05, 0) is 41.7 Å². The molecule has 1 aliphatic heterocycles. The molecule has 1 heterocycles. The molecule has 0 saturated heterocycles. The molecule has 0 bridgehead atoms. The zero-order valence-corrected chi connectivity index (χ0v) is 9.16. The zero-order valence-electron chi connectivity index (χ0n) is 8.34. The fourth-order valence-electron chi connectivity index (χ4n) is 1.96. The van der Waals surface area contributed by atoms with Gasteiger partial charge in [-0.2, -0.15) is 0 Å². The van der Waals surface area contributed by atoms with Gasteiger partial charge in [-0.15, -0.1) is 11.8 Å². The van der Waals surface area contributed by atoms with Crippen molar-refractivity contribution in [2.75, 3.05) is 5.75 Å². The highest BCUT2D eigenvalue weighted by Crippen LogP contribution is 2.34. The average molecular weight is 192 g/mol. The maximum Gasteiger partial charge on any atom is 0.0107 e. The highest BCUT2D eigenvalue weighted by atomic mass is 32.2. The van der Waals surface area contributed by atoms with Gasteiger partial charge in [-0.25, -0.2) is 0 Å². The summed E-state index contributed by atoms with van der Waals surface area (Å²) in [5, 5.41) is 0. The van der Waals surface area contributed by atoms with Gasteiger partial charge in [0, 0.05) is 4.90 Å². The van der Waals surface area contributed by atoms with Crippen molar-refractivity contribution in [3.63, 3.8) is 0 Å². The third-order valence-corrected chi connectivity index (χ3v) is 3.81. The second-order valence-corrected chi connectivity index (χ2v) is 5.07. The Balaban J connectivity index is 2.46. The Morgan fingerprint density at radius 1 is 1.31 bits per heavy atom. The Hall–Kier alpha value is -0.430. The van der Waals surface area contributed by atoms with Crippen molar-refractivity contribution in [3.05, 3.63) is 29.3 Å². The molecular formula is C12H16S. The maximum absolute atomic E-state index is 2.29. The van der Waals surface area contributed by atoms with Crippen molar-refractivity contribution in [2.24, 2.45) is 0 Å². The summed E-state index contributed by atoms with van der Waals surface area (Å²) >= 11 is 2.02. The van der Waals surface area contributed by atoms with Gasteiger partial charge >= 0.3 is 0 Å². The quantitative estimate of drug-likeness (QED) is 0.651. The van der Waals surface area contributed by atoms with Crippen molar-refractivity contribution in [1.29, 1.82) is 0 Å². The third-order valence-electron chi connectivity index (χ3n) is 2.62. The summed E-state index contributed by atoms with van der Waals surface area (Å²) < 4.78 is 0. The molecule has 1 aromatic rings. The van der Waals surface area contributed by atoms with Gasteiger partial charge in [0.15, 0.2) is 0 Å². The van der Waals surface area contributed by atoms with Gasteiger partial charge in [-0.1, -0.05) is 26.0 Å². The van der Waals surface area contributed by atoms with Crippen LogP contribution in [0, 0.1) is 0 Å². The first-order chi connectivity index (χ1) is 6.29. The molecule has 0 N–H and O–H groups in total. The molecule has 0 aromatic heterocycles. The second-order valence-electron chi connectivity index (χ2n) is 3.93. The molecule has 0 nitrogen and oxygen atoms in total. The molecule has 1 aromatic carbocycles. The van der Waals surface area contributed by atoms with Crippen molar-refractivity contribution in [1.82, 2.24) is 0 Å². The smallest absolute Gasteiger partial charge is 0.0107 e. The largest absolute Gasteiger partial charge is 0.126 e. The third kappa shape index (κ3) is 1.76. The number of rotatable bonds is 1. The van der Waals surface area contributed by atoms with Crippen LogP contribution in [0.1, 0.15) is 37.3 Å². The van der Waals surface area contributed by atoms with Crippen molar-refractivity contribution >= 4 is 11.8 Å². The molecule has 0 radical (unpaired) electrons. The van der Waals surface area contributed by atoms with Gasteiger partial charge in [0.05, 0.1) is 0 Å². The van der Waals surface area contributed by atoms with Gasteiger partial charge < -0.3 is 0 Å². The predicted octanol–water partition coefficient (Wildman–Crippen LogP) is 3.85. The number of fused-ring (bicyclic) bond motifs is 1. The van der Waals surface area contributed by atoms with Crippen LogP contribution in [0.4, 0.5) is 0 Å². The minimum Gasteiger partial charge on any atom is -0.126 e. The number of hydrogen-bond donors (Lipinski definition) is 0. The highest BCUT2D eigenvalue weighted by Gasteiger charge is 2.14. The number of benzene rings is 1. The van der Waals surface area contributed by atoms with Crippen LogP contribution in [-0.4, -0.2) is 5.75 Å². The van der Waals surface area contributed by atoms with Crippen LogP contribution < -0.4 is 0 Å². The Morgan fingerprint density at radius 3 is 2.92 bits per heavy atom. The van der Waals surface area contributed by atoms with Gasteiger partial charge in [0.25, 0.3) is 0 Å². The summed E-state index contributed by atoms with van der Waals surface area (Å²) in [6, 6.07) is 6.76. The second kappa shape index (κ2) is 3.75. The Bertz CT molecular complexity index is 302. The van der Waals surface area contributed by atoms with Gasteiger partial charge in [-0.3, -0.25) is 0 Å². The van der Waals surface area contributed by atoms with Crippen molar-refractivity contribution in [2.45, 2.75) is 37.5 Å². The van der Waals surface area contributed by atoms with E-state index in [9.17, 15) is 0 Å². The molecule has 0 spiro atoms. The lowest BCUT2D eigenvalue weighted by Crippen LogP contribution is -2.03. The molecule has 0 aliphatic carbocycles. The summed E-state index contributed by atoms with van der Waals surface area (Å²) in [5.74, 6) is 1.97. The fourth-order valence-corrected chi connectivity index (χ4v) is 3.03. The summed E-state index contributed by atoms with van der Waals surface area (Å²) in [6.45, 7) is 4.57. The normalized spacial score (nSPS) is 15.9. The van der Waals surface area contributed by atoms with E-state index in [0.717, 1.165) is 0 Å². The molecule has 1 heteroatoms. The molecule has 13 heavy (non-hydrogen) atoms. The molecule has 0 unspecified atom stereocenters. The van der Waals surface area contributed by atoms with Crippen LogP contribution in [-0.2, 0) is 6.42 Å². The lowest BCUT2D eigenvalue weighted by molar-refractivity contribution is 0.800. The van der Waals surface area contributed by atoms with Crippen LogP contribution >= 0.6 is 11.8 Å². The lowest BCUT2D eigenvalue weighted by Gasteiger charge is -2.20. The molecule has 0 saturated carbocycles. The van der Waals surface area contributed by atoms with E-state index in [1.165, 1.54) is 23.5 Å². The van der Waals surface area contributed by atoms with Crippen molar-refractivity contribution < 1.29 is 0 Å². The minimum atomic E-state index is 0.675. The van der Waals surface area contributed by atoms with E-state index >= 15 is 0 Å². The minimum absolute atomic E-state index is 0.675. The predicted molar refractivity (Wildman–Crippen MR) is 59.6 cm³/mol. The van der Waals surface area contributed by atoms with E-state index in [0.29, 0.717) is 5.92 Å². The van der Waals surface area contributed by atoms with E-state index in [2.05, 4.69) is 32.0 Å². The first kappa shape index (κ1) is 9.14. The molecule has 0 fully saturated rings. The lowest BCUT2D eigenvalue weighted by atomic mass is 9.94. The van der Waals surface area contributed by atoms with E-state index < -0.39 is 0 Å². The summed E-state index contributed by atoms with van der Waals surface area (Å²) in [6.07, 6.45) is 2.64. The molecule has 70 valence electrons. The monoisotopic (exact) mass is 192 g/mol. The fraction of sp³-hybridized carbons (Fsp3) is 0.500. The molecule has 0 atom stereocenters. The molecule has 2 rings (SSSR count). The summed E-state index contributed by atoms with van der Waals surface area (Å²) in [4.78, 5) is 1.53. The highest BCUT2D eigenvalue weighted by molar-refractivity contribution is 7.99. The molecule has 1 aliphatic rings. The Labute approximate surface area is 84.7 Å². The van der Waals surface area contributed by atoms with E-state index in [4.69, 9.17) is 0 Å². The van der Waals surface area contributed by atoms with Crippen LogP contribution in [0.5, 0.6) is 0 Å². The van der Waals surface area contributed by atoms with Gasteiger partial charge in [0.1, 0.15) is 0 Å². The standard InChI is InChI=1S/C12H16S/c1-9(2)10-5-3-7-12-11(10)6-4-8-13-12/h3,5,7,9H,4,6,8H2,1-2H3. The topological polar surface area (TPSA) is 0 Å². The number of hydrogen-bond acceptors (Lipinski definition) is 1. The maximum atomic E-state index is 2.29. The molecule has 0 amide bonds. The summed E-state index contributed by atoms with van der Waals surface area (Å²) in [7, 11) is 0. The van der Waals surface area contributed by atoms with Crippen LogP contribution in [0.15, 0.2) is 23.1 Å². The van der Waals surface area contributed by atoms with Crippen LogP contribution in [0.25, 0.3) is 0 Å². The number of thioether (sulfide) groups is 1. The zero-order chi connectivity index (χ0) is 9.26. The first-order valence-corrected chi connectivity index (χ1v) is 6.02. The van der Waals surface area contributed by atoms with Crippen molar-refractivity contribution in [3.8, 4) is 0 Å². The van der Waals surface area contributed by atoms with E-state index in [-0.39, 0.29) is 0 Å². The van der Waals surface area contributed by atoms with Crippen LogP contribution in [0.3, 0.4) is 0 Å². The van der Waals surface area contributed by atoms with E-state index in [1.807, 2.05) is 11.8 Å². The SMILES string of the molecule is CC(C)c1cccc2c1CCCS2. The van der Waals surface area contributed by atoms with Crippen LogP contribution in [0.2, 0.25) is 0 Å². The summed E-state index contributed by atoms with van der Waals surface area (Å²) in [5.41, 5.74) is 3.18. The Morgan fingerprint density at radius 2 is 2.15 bits per heavy atom.